The van der Waals surface area contributed by atoms with E-state index in [4.69, 9.17) is 0 Å². The van der Waals surface area contributed by atoms with Crippen molar-refractivity contribution in [3.63, 3.8) is 0 Å². The zero-order valence-electron chi connectivity index (χ0n) is 12.4. The van der Waals surface area contributed by atoms with Crippen LogP contribution in [-0.4, -0.2) is 0 Å². The van der Waals surface area contributed by atoms with E-state index in [1.807, 2.05) is 0 Å². The monoisotopic (exact) mass is 281 g/mol. The SMILES string of the molecule is [CH2+]C1(c2ccccc2)C(c2ccccc2)=C1c1ccccc1. The zero-order valence-corrected chi connectivity index (χ0v) is 12.4. The second-order valence-corrected chi connectivity index (χ2v) is 5.75. The van der Waals surface area contributed by atoms with E-state index < -0.39 is 0 Å². The smallest absolute Gasteiger partial charge is 0.0622 e. The van der Waals surface area contributed by atoms with Gasteiger partial charge in [0.1, 0.15) is 0 Å². The van der Waals surface area contributed by atoms with Crippen LogP contribution in [0.2, 0.25) is 0 Å². The Bertz CT molecular complexity index is 762. The van der Waals surface area contributed by atoms with Gasteiger partial charge in [0.25, 0.3) is 0 Å². The molecule has 0 saturated carbocycles. The van der Waals surface area contributed by atoms with Gasteiger partial charge in [-0.15, -0.1) is 0 Å². The topological polar surface area (TPSA) is 0 Å². The van der Waals surface area contributed by atoms with Gasteiger partial charge < -0.3 is 0 Å². The van der Waals surface area contributed by atoms with Crippen molar-refractivity contribution in [3.8, 4) is 0 Å². The van der Waals surface area contributed by atoms with Gasteiger partial charge in [-0.25, -0.2) is 0 Å². The summed E-state index contributed by atoms with van der Waals surface area (Å²) in [5.74, 6) is 0. The molecular formula is C22H17+. The molecule has 0 radical (unpaired) electrons. The van der Waals surface area contributed by atoms with Crippen LogP contribution in [0.15, 0.2) is 91.0 Å². The average Bonchev–Trinajstić information content (AvgIpc) is 3.24. The lowest BCUT2D eigenvalue weighted by atomic mass is 9.87. The molecule has 0 unspecified atom stereocenters. The molecule has 0 N–H and O–H groups in total. The first-order valence-electron chi connectivity index (χ1n) is 7.59. The Labute approximate surface area is 131 Å². The Hall–Kier alpha value is -2.73. The van der Waals surface area contributed by atoms with Crippen LogP contribution in [0.3, 0.4) is 0 Å². The fourth-order valence-electron chi connectivity index (χ4n) is 3.32. The van der Waals surface area contributed by atoms with E-state index in [0.29, 0.717) is 0 Å². The highest BCUT2D eigenvalue weighted by molar-refractivity contribution is 6.19. The Morgan fingerprint density at radius 2 is 0.864 bits per heavy atom. The van der Waals surface area contributed by atoms with Crippen LogP contribution < -0.4 is 0 Å². The van der Waals surface area contributed by atoms with E-state index in [1.165, 1.54) is 27.8 Å². The summed E-state index contributed by atoms with van der Waals surface area (Å²) in [5.41, 5.74) is 6.23. The van der Waals surface area contributed by atoms with Crippen molar-refractivity contribution in [2.45, 2.75) is 5.41 Å². The van der Waals surface area contributed by atoms with Crippen molar-refractivity contribution in [1.29, 1.82) is 0 Å². The normalized spacial score (nSPS) is 15.6. The standard InChI is InChI=1S/C22H17/c1-22(19-15-9-4-10-16-19)20(17-11-5-2-6-12-17)21(22)18-13-7-3-8-14-18/h2-16H,1H2/q+1. The Morgan fingerprint density at radius 1 is 0.500 bits per heavy atom. The van der Waals surface area contributed by atoms with E-state index in [0.717, 1.165) is 0 Å². The largest absolute Gasteiger partial charge is 0.182 e. The van der Waals surface area contributed by atoms with Crippen molar-refractivity contribution in [1.82, 2.24) is 0 Å². The van der Waals surface area contributed by atoms with Gasteiger partial charge in [-0.1, -0.05) is 91.0 Å². The molecule has 0 saturated heterocycles. The molecule has 1 aliphatic rings. The zero-order chi connectivity index (χ0) is 15.0. The van der Waals surface area contributed by atoms with E-state index in [9.17, 15) is 0 Å². The quantitative estimate of drug-likeness (QED) is 0.565. The number of benzene rings is 3. The summed E-state index contributed by atoms with van der Waals surface area (Å²) < 4.78 is 0. The van der Waals surface area contributed by atoms with Gasteiger partial charge in [-0.2, -0.15) is 0 Å². The third kappa shape index (κ3) is 1.88. The molecule has 0 aromatic heterocycles. The fourth-order valence-corrected chi connectivity index (χ4v) is 3.32. The predicted molar refractivity (Wildman–Crippen MR) is 93.2 cm³/mol. The summed E-state index contributed by atoms with van der Waals surface area (Å²) in [6, 6.07) is 31.8. The van der Waals surface area contributed by atoms with Gasteiger partial charge in [0.2, 0.25) is 0 Å². The van der Waals surface area contributed by atoms with Gasteiger partial charge in [-0.3, -0.25) is 0 Å². The first-order chi connectivity index (χ1) is 10.8. The van der Waals surface area contributed by atoms with Crippen molar-refractivity contribution in [3.05, 3.63) is 115 Å². The second kappa shape index (κ2) is 4.92. The predicted octanol–water partition coefficient (Wildman–Crippen LogP) is 5.38. The minimum atomic E-state index is -0.232. The van der Waals surface area contributed by atoms with Crippen LogP contribution in [0.25, 0.3) is 11.1 Å². The summed E-state index contributed by atoms with van der Waals surface area (Å²) in [6.45, 7) is 4.59. The molecule has 22 heavy (non-hydrogen) atoms. The Kier molecular flexibility index (Phi) is 2.90. The number of hydrogen-bond donors (Lipinski definition) is 0. The van der Waals surface area contributed by atoms with Crippen LogP contribution in [0, 0.1) is 6.92 Å². The minimum Gasteiger partial charge on any atom is -0.0622 e. The lowest BCUT2D eigenvalue weighted by Crippen LogP contribution is -2.08. The van der Waals surface area contributed by atoms with Crippen molar-refractivity contribution >= 4 is 11.1 Å². The van der Waals surface area contributed by atoms with E-state index in [2.05, 4.69) is 97.9 Å². The minimum absolute atomic E-state index is 0.232. The third-order valence-electron chi connectivity index (χ3n) is 4.43. The molecule has 0 amide bonds. The molecule has 3 aromatic rings. The molecule has 0 spiro atoms. The molecule has 1 aliphatic carbocycles. The van der Waals surface area contributed by atoms with Crippen LogP contribution in [0.5, 0.6) is 0 Å². The molecule has 0 aliphatic heterocycles. The highest BCUT2D eigenvalue weighted by atomic mass is 14.5. The van der Waals surface area contributed by atoms with Gasteiger partial charge in [0.15, 0.2) is 5.41 Å². The summed E-state index contributed by atoms with van der Waals surface area (Å²) in [5, 5.41) is 0. The molecule has 0 atom stereocenters. The highest BCUT2D eigenvalue weighted by Gasteiger charge is 2.58. The fraction of sp³-hybridized carbons (Fsp3) is 0.0455. The number of allylic oxidation sites excluding steroid dienone is 2. The Morgan fingerprint density at radius 3 is 1.27 bits per heavy atom. The Balaban J connectivity index is 1.88. The van der Waals surface area contributed by atoms with Crippen LogP contribution in [0.4, 0.5) is 0 Å². The molecule has 0 nitrogen and oxygen atoms in total. The lowest BCUT2D eigenvalue weighted by molar-refractivity contribution is 1.01. The van der Waals surface area contributed by atoms with E-state index in [-0.39, 0.29) is 5.41 Å². The molecule has 104 valence electrons. The van der Waals surface area contributed by atoms with Crippen LogP contribution >= 0.6 is 0 Å². The first-order valence-corrected chi connectivity index (χ1v) is 7.59. The molecular weight excluding hydrogens is 264 g/mol. The molecule has 0 heterocycles. The summed E-state index contributed by atoms with van der Waals surface area (Å²) in [6.07, 6.45) is 0. The number of hydrogen-bond acceptors (Lipinski definition) is 0. The second-order valence-electron chi connectivity index (χ2n) is 5.75. The third-order valence-corrected chi connectivity index (χ3v) is 4.43. The van der Waals surface area contributed by atoms with Crippen molar-refractivity contribution in [2.24, 2.45) is 0 Å². The lowest BCUT2D eigenvalue weighted by Gasteiger charge is -2.09. The average molecular weight is 281 g/mol. The maximum absolute atomic E-state index is 4.59. The molecule has 4 rings (SSSR count). The molecule has 0 fully saturated rings. The summed E-state index contributed by atoms with van der Waals surface area (Å²) in [4.78, 5) is 0. The highest BCUT2D eigenvalue weighted by Crippen LogP contribution is 2.63. The molecule has 0 bridgehead atoms. The summed E-state index contributed by atoms with van der Waals surface area (Å²) in [7, 11) is 0. The summed E-state index contributed by atoms with van der Waals surface area (Å²) >= 11 is 0. The van der Waals surface area contributed by atoms with Gasteiger partial charge in [0.05, 0.1) is 6.92 Å². The van der Waals surface area contributed by atoms with Gasteiger partial charge in [-0.05, 0) is 11.1 Å². The maximum Gasteiger partial charge on any atom is 0.182 e. The molecule has 3 aromatic carbocycles. The van der Waals surface area contributed by atoms with Crippen LogP contribution in [0.1, 0.15) is 16.7 Å². The number of rotatable bonds is 3. The molecule has 0 heteroatoms. The van der Waals surface area contributed by atoms with Crippen molar-refractivity contribution in [2.75, 3.05) is 0 Å². The first kappa shape index (κ1) is 13.0. The van der Waals surface area contributed by atoms with E-state index in [1.54, 1.807) is 0 Å². The van der Waals surface area contributed by atoms with Gasteiger partial charge >= 0.3 is 0 Å². The van der Waals surface area contributed by atoms with Gasteiger partial charge in [0, 0.05) is 16.7 Å². The van der Waals surface area contributed by atoms with Crippen LogP contribution in [-0.2, 0) is 5.41 Å². The van der Waals surface area contributed by atoms with Crippen molar-refractivity contribution < 1.29 is 0 Å². The maximum atomic E-state index is 4.59. The van der Waals surface area contributed by atoms with E-state index >= 15 is 0 Å².